The molecule has 2 aromatic rings. The smallest absolute Gasteiger partial charge is 0.252 e. The predicted molar refractivity (Wildman–Crippen MR) is 86.2 cm³/mol. The van der Waals surface area contributed by atoms with E-state index in [1.807, 2.05) is 12.1 Å². The zero-order chi connectivity index (χ0) is 16.9. The number of fused-ring (bicyclic) bond motifs is 1. The molecule has 0 bridgehead atoms. The average Bonchev–Trinajstić information content (AvgIpc) is 2.89. The number of benzene rings is 2. The Balaban J connectivity index is 1.45. The Labute approximate surface area is 138 Å². The van der Waals surface area contributed by atoms with Crippen molar-refractivity contribution in [3.8, 4) is 5.75 Å². The number of hydrogen-bond donors (Lipinski definition) is 2. The van der Waals surface area contributed by atoms with Gasteiger partial charge in [0.05, 0.1) is 19.0 Å². The van der Waals surface area contributed by atoms with E-state index in [0.717, 1.165) is 5.56 Å². The molecule has 1 aliphatic rings. The molecule has 0 radical (unpaired) electrons. The molecule has 1 atom stereocenters. The molecule has 2 aromatic carbocycles. The van der Waals surface area contributed by atoms with E-state index in [1.54, 1.807) is 24.3 Å². The van der Waals surface area contributed by atoms with Crippen molar-refractivity contribution in [2.24, 2.45) is 0 Å². The number of ether oxygens (including phenoxy) is 1. The van der Waals surface area contributed by atoms with Gasteiger partial charge in [-0.3, -0.25) is 9.59 Å². The third-order valence-corrected chi connectivity index (χ3v) is 3.79. The summed E-state index contributed by atoms with van der Waals surface area (Å²) in [5, 5.41) is 5.50. The Bertz CT molecular complexity index is 763. The van der Waals surface area contributed by atoms with E-state index >= 15 is 0 Å². The van der Waals surface area contributed by atoms with Crippen LogP contribution in [0.4, 0.5) is 4.39 Å². The quantitative estimate of drug-likeness (QED) is 0.799. The summed E-state index contributed by atoms with van der Waals surface area (Å²) < 4.78 is 18.6. The van der Waals surface area contributed by atoms with Crippen molar-refractivity contribution in [1.82, 2.24) is 10.6 Å². The minimum atomic E-state index is -0.436. The van der Waals surface area contributed by atoms with Crippen LogP contribution in [-0.4, -0.2) is 25.0 Å². The van der Waals surface area contributed by atoms with Crippen LogP contribution < -0.4 is 15.4 Å². The molecule has 1 aliphatic heterocycles. The van der Waals surface area contributed by atoms with Gasteiger partial charge in [0.15, 0.2) is 11.6 Å². The van der Waals surface area contributed by atoms with Crippen LogP contribution in [0.3, 0.4) is 0 Å². The lowest BCUT2D eigenvalue weighted by molar-refractivity contribution is -0.121. The van der Waals surface area contributed by atoms with Gasteiger partial charge in [0.25, 0.3) is 5.91 Å². The van der Waals surface area contributed by atoms with E-state index < -0.39 is 5.82 Å². The van der Waals surface area contributed by atoms with Crippen LogP contribution in [-0.2, 0) is 4.79 Å². The fourth-order valence-corrected chi connectivity index (χ4v) is 2.65. The van der Waals surface area contributed by atoms with Crippen molar-refractivity contribution in [3.05, 3.63) is 65.5 Å². The van der Waals surface area contributed by atoms with Crippen LogP contribution in [0.2, 0.25) is 0 Å². The summed E-state index contributed by atoms with van der Waals surface area (Å²) in [6.45, 7) is 0.426. The first kappa shape index (κ1) is 16.0. The van der Waals surface area contributed by atoms with Gasteiger partial charge in [-0.25, -0.2) is 4.39 Å². The summed E-state index contributed by atoms with van der Waals surface area (Å²) >= 11 is 0. The molecule has 0 saturated carbocycles. The Morgan fingerprint density at radius 1 is 1.17 bits per heavy atom. The van der Waals surface area contributed by atoms with Crippen LogP contribution in [0, 0.1) is 5.82 Å². The van der Waals surface area contributed by atoms with Crippen molar-refractivity contribution >= 4 is 11.8 Å². The lowest BCUT2D eigenvalue weighted by Gasteiger charge is -2.12. The molecule has 0 fully saturated rings. The van der Waals surface area contributed by atoms with Crippen LogP contribution in [0.15, 0.2) is 48.5 Å². The summed E-state index contributed by atoms with van der Waals surface area (Å²) in [7, 11) is 0. The van der Waals surface area contributed by atoms with E-state index in [-0.39, 0.29) is 43.2 Å². The zero-order valence-corrected chi connectivity index (χ0v) is 12.9. The molecule has 0 saturated heterocycles. The molecule has 0 aromatic heterocycles. The average molecular weight is 328 g/mol. The molecule has 3 rings (SSSR count). The number of halogens is 1. The number of para-hydroxylation sites is 1. The minimum absolute atomic E-state index is 0.155. The molecule has 1 unspecified atom stereocenters. The van der Waals surface area contributed by atoms with Crippen LogP contribution >= 0.6 is 0 Å². The van der Waals surface area contributed by atoms with E-state index in [1.165, 1.54) is 12.1 Å². The van der Waals surface area contributed by atoms with Gasteiger partial charge in [0, 0.05) is 5.56 Å². The van der Waals surface area contributed by atoms with Crippen molar-refractivity contribution in [2.45, 2.75) is 12.5 Å². The molecule has 0 aliphatic carbocycles. The number of nitrogens with one attached hydrogen (secondary N) is 2. The van der Waals surface area contributed by atoms with Crippen molar-refractivity contribution in [2.75, 3.05) is 13.2 Å². The van der Waals surface area contributed by atoms with E-state index in [2.05, 4.69) is 10.6 Å². The number of carbonyl (C=O) groups excluding carboxylic acids is 2. The van der Waals surface area contributed by atoms with Gasteiger partial charge in [-0.05, 0) is 23.8 Å². The van der Waals surface area contributed by atoms with Gasteiger partial charge in [0.1, 0.15) is 6.61 Å². The van der Waals surface area contributed by atoms with Gasteiger partial charge >= 0.3 is 0 Å². The number of amides is 2. The molecular weight excluding hydrogens is 311 g/mol. The highest BCUT2D eigenvalue weighted by Gasteiger charge is 2.29. The molecule has 5 nitrogen and oxygen atoms in total. The molecule has 2 N–H and O–H groups in total. The molecule has 2 amide bonds. The third-order valence-electron chi connectivity index (χ3n) is 3.79. The van der Waals surface area contributed by atoms with Crippen LogP contribution in [0.5, 0.6) is 5.75 Å². The second-order valence-corrected chi connectivity index (χ2v) is 5.45. The molecule has 6 heteroatoms. The van der Waals surface area contributed by atoms with Gasteiger partial charge in [-0.1, -0.05) is 30.3 Å². The van der Waals surface area contributed by atoms with E-state index in [4.69, 9.17) is 4.74 Å². The monoisotopic (exact) mass is 328 g/mol. The summed E-state index contributed by atoms with van der Waals surface area (Å²) in [5.74, 6) is -0.641. The minimum Gasteiger partial charge on any atom is -0.489 e. The van der Waals surface area contributed by atoms with Crippen molar-refractivity contribution in [1.29, 1.82) is 0 Å². The lowest BCUT2D eigenvalue weighted by atomic mass is 10.0. The van der Waals surface area contributed by atoms with Crippen molar-refractivity contribution < 1.29 is 18.7 Å². The summed E-state index contributed by atoms with van der Waals surface area (Å²) in [6.07, 6.45) is 0.155. The fourth-order valence-electron chi connectivity index (χ4n) is 2.65. The highest BCUT2D eigenvalue weighted by molar-refractivity contribution is 5.99. The maximum Gasteiger partial charge on any atom is 0.252 e. The number of carbonyl (C=O) groups is 2. The van der Waals surface area contributed by atoms with E-state index in [9.17, 15) is 14.0 Å². The SMILES string of the molecule is O=C(CC1NC(=O)c2ccccc21)NCCOc1ccccc1F. The van der Waals surface area contributed by atoms with E-state index in [0.29, 0.717) is 5.56 Å². The topological polar surface area (TPSA) is 67.4 Å². The Hall–Kier alpha value is -2.89. The molecule has 124 valence electrons. The first-order valence-corrected chi connectivity index (χ1v) is 7.69. The molecule has 0 spiro atoms. The van der Waals surface area contributed by atoms with Gasteiger partial charge < -0.3 is 15.4 Å². The van der Waals surface area contributed by atoms with Gasteiger partial charge in [0.2, 0.25) is 5.91 Å². The van der Waals surface area contributed by atoms with Crippen LogP contribution in [0.25, 0.3) is 0 Å². The predicted octanol–water partition coefficient (Wildman–Crippen LogP) is 2.20. The van der Waals surface area contributed by atoms with Crippen LogP contribution in [0.1, 0.15) is 28.4 Å². The molecule has 1 heterocycles. The third kappa shape index (κ3) is 3.53. The Morgan fingerprint density at radius 3 is 2.75 bits per heavy atom. The van der Waals surface area contributed by atoms with Crippen molar-refractivity contribution in [3.63, 3.8) is 0 Å². The second kappa shape index (κ2) is 7.12. The molecular formula is C18H17FN2O3. The number of rotatable bonds is 6. The highest BCUT2D eigenvalue weighted by atomic mass is 19.1. The normalized spacial score (nSPS) is 15.5. The maximum absolute atomic E-state index is 13.4. The Morgan fingerprint density at radius 2 is 1.92 bits per heavy atom. The van der Waals surface area contributed by atoms with Gasteiger partial charge in [-0.15, -0.1) is 0 Å². The fraction of sp³-hybridized carbons (Fsp3) is 0.222. The summed E-state index contributed by atoms with van der Waals surface area (Å²) in [4.78, 5) is 23.8. The van der Waals surface area contributed by atoms with Gasteiger partial charge in [-0.2, -0.15) is 0 Å². The largest absolute Gasteiger partial charge is 0.489 e. The summed E-state index contributed by atoms with van der Waals surface area (Å²) in [6, 6.07) is 13.0. The molecule has 24 heavy (non-hydrogen) atoms. The second-order valence-electron chi connectivity index (χ2n) is 5.45. The highest BCUT2D eigenvalue weighted by Crippen LogP contribution is 2.27. The number of hydrogen-bond acceptors (Lipinski definition) is 3. The zero-order valence-electron chi connectivity index (χ0n) is 12.9. The first-order chi connectivity index (χ1) is 11.6. The maximum atomic E-state index is 13.4. The standard InChI is InChI=1S/C18H17FN2O3/c19-14-7-3-4-8-16(14)24-10-9-20-17(22)11-15-12-5-1-2-6-13(12)18(23)21-15/h1-8,15H,9-11H2,(H,20,22)(H,21,23). The Kier molecular flexibility index (Phi) is 4.74. The lowest BCUT2D eigenvalue weighted by Crippen LogP contribution is -2.31. The summed E-state index contributed by atoms with van der Waals surface area (Å²) in [5.41, 5.74) is 1.44. The first-order valence-electron chi connectivity index (χ1n) is 7.69.